The number of phenols is 1. The Bertz CT molecular complexity index is 455. The van der Waals surface area contributed by atoms with Crippen molar-refractivity contribution in [3.8, 4) is 5.75 Å². The third kappa shape index (κ3) is 3.23. The molecule has 0 saturated heterocycles. The molecule has 1 aromatic carbocycles. The van der Waals surface area contributed by atoms with E-state index in [2.05, 4.69) is 31.9 Å². The summed E-state index contributed by atoms with van der Waals surface area (Å²) < 4.78 is 30.8. The highest BCUT2D eigenvalue weighted by atomic mass is 79.9. The van der Waals surface area contributed by atoms with Crippen LogP contribution >= 0.6 is 31.9 Å². The van der Waals surface area contributed by atoms with Crippen LogP contribution in [-0.4, -0.2) is 18.1 Å². The molecule has 0 aromatic heterocycles. The van der Waals surface area contributed by atoms with Gasteiger partial charge in [0.25, 0.3) is 10.1 Å². The van der Waals surface area contributed by atoms with Crippen molar-refractivity contribution in [1.29, 1.82) is 0 Å². The number of hydrogen-bond donors (Lipinski definition) is 2. The summed E-state index contributed by atoms with van der Waals surface area (Å²) in [6, 6.07) is 3.00. The van der Waals surface area contributed by atoms with Gasteiger partial charge < -0.3 is 5.11 Å². The third-order valence-corrected chi connectivity index (χ3v) is 3.18. The first-order valence-electron chi connectivity index (χ1n) is 3.41. The maximum absolute atomic E-state index is 10.6. The standard InChI is InChI=1S/C7H6Br2O4S/c8-5-1-4(3-14(11,12)13)7(10)6(9)2-5/h1-2,10H,3H2,(H,11,12,13). The minimum Gasteiger partial charge on any atom is -0.506 e. The number of hydrogen-bond acceptors (Lipinski definition) is 3. The average Bonchev–Trinajstić information content (AvgIpc) is 1.96. The Morgan fingerprint density at radius 2 is 1.86 bits per heavy atom. The Morgan fingerprint density at radius 3 is 2.36 bits per heavy atom. The first-order chi connectivity index (χ1) is 6.29. The first kappa shape index (κ1) is 12.0. The summed E-state index contributed by atoms with van der Waals surface area (Å²) in [5, 5.41) is 9.44. The van der Waals surface area contributed by atoms with Crippen molar-refractivity contribution in [2.75, 3.05) is 0 Å². The Morgan fingerprint density at radius 1 is 1.29 bits per heavy atom. The van der Waals surface area contributed by atoms with Crippen molar-refractivity contribution in [2.45, 2.75) is 5.75 Å². The van der Waals surface area contributed by atoms with E-state index in [1.165, 1.54) is 6.07 Å². The van der Waals surface area contributed by atoms with Gasteiger partial charge in [-0.3, -0.25) is 4.55 Å². The minimum atomic E-state index is -4.13. The fourth-order valence-corrected chi connectivity index (χ4v) is 2.85. The Labute approximate surface area is 98.0 Å². The van der Waals surface area contributed by atoms with Crippen LogP contribution in [0, 0.1) is 0 Å². The Hall–Kier alpha value is -0.110. The maximum atomic E-state index is 10.6. The highest BCUT2D eigenvalue weighted by molar-refractivity contribution is 9.11. The molecular formula is C7H6Br2O4S. The van der Waals surface area contributed by atoms with E-state index in [-0.39, 0.29) is 11.3 Å². The zero-order valence-electron chi connectivity index (χ0n) is 6.74. The third-order valence-electron chi connectivity index (χ3n) is 1.45. The van der Waals surface area contributed by atoms with Crippen LogP contribution in [0.15, 0.2) is 21.1 Å². The summed E-state index contributed by atoms with van der Waals surface area (Å²) in [6.07, 6.45) is 0. The summed E-state index contributed by atoms with van der Waals surface area (Å²) in [4.78, 5) is 0. The van der Waals surface area contributed by atoms with Crippen molar-refractivity contribution < 1.29 is 18.1 Å². The van der Waals surface area contributed by atoms with E-state index in [0.717, 1.165) is 0 Å². The smallest absolute Gasteiger partial charge is 0.269 e. The molecule has 0 aliphatic carbocycles. The number of rotatable bonds is 2. The highest BCUT2D eigenvalue weighted by Gasteiger charge is 2.13. The normalized spacial score (nSPS) is 11.6. The van der Waals surface area contributed by atoms with E-state index in [4.69, 9.17) is 4.55 Å². The molecule has 0 bridgehead atoms. The van der Waals surface area contributed by atoms with Gasteiger partial charge in [0, 0.05) is 10.0 Å². The lowest BCUT2D eigenvalue weighted by Gasteiger charge is -2.05. The predicted molar refractivity (Wildman–Crippen MR) is 58.8 cm³/mol. The summed E-state index contributed by atoms with van der Waals surface area (Å²) in [5.41, 5.74) is 0.133. The van der Waals surface area contributed by atoms with E-state index < -0.39 is 15.9 Å². The van der Waals surface area contributed by atoms with Crippen molar-refractivity contribution in [1.82, 2.24) is 0 Å². The van der Waals surface area contributed by atoms with Gasteiger partial charge in [-0.05, 0) is 28.1 Å². The van der Waals surface area contributed by atoms with Gasteiger partial charge in [0.1, 0.15) is 11.5 Å². The molecule has 0 unspecified atom stereocenters. The second kappa shape index (κ2) is 4.18. The Kier molecular flexibility index (Phi) is 3.57. The molecular weight excluding hydrogens is 340 g/mol. The van der Waals surface area contributed by atoms with Crippen molar-refractivity contribution >= 4 is 42.0 Å². The molecule has 7 heteroatoms. The summed E-state index contributed by atoms with van der Waals surface area (Å²) in [5.74, 6) is -0.803. The molecule has 4 nitrogen and oxygen atoms in total. The van der Waals surface area contributed by atoms with Crippen molar-refractivity contribution in [3.05, 3.63) is 26.6 Å². The topological polar surface area (TPSA) is 74.6 Å². The van der Waals surface area contributed by atoms with Crippen LogP contribution in [0.1, 0.15) is 5.56 Å². The number of aromatic hydroxyl groups is 1. The number of phenolic OH excluding ortho intramolecular Hbond substituents is 1. The average molecular weight is 346 g/mol. The molecule has 0 amide bonds. The molecule has 0 atom stereocenters. The van der Waals surface area contributed by atoms with Gasteiger partial charge in [-0.1, -0.05) is 15.9 Å². The Balaban J connectivity index is 3.22. The monoisotopic (exact) mass is 344 g/mol. The second-order valence-corrected chi connectivity index (χ2v) is 5.84. The van der Waals surface area contributed by atoms with E-state index >= 15 is 0 Å². The second-order valence-electron chi connectivity index (χ2n) is 2.62. The van der Waals surface area contributed by atoms with E-state index in [9.17, 15) is 13.5 Å². The quantitative estimate of drug-likeness (QED) is 0.806. The molecule has 0 saturated carbocycles. The zero-order chi connectivity index (χ0) is 10.9. The first-order valence-corrected chi connectivity index (χ1v) is 6.61. The van der Waals surface area contributed by atoms with Crippen molar-refractivity contribution in [2.24, 2.45) is 0 Å². The largest absolute Gasteiger partial charge is 0.506 e. The highest BCUT2D eigenvalue weighted by Crippen LogP contribution is 2.32. The molecule has 0 heterocycles. The van der Waals surface area contributed by atoms with Gasteiger partial charge in [-0.2, -0.15) is 8.42 Å². The van der Waals surface area contributed by atoms with Crippen LogP contribution in [-0.2, 0) is 15.9 Å². The molecule has 1 aromatic rings. The molecule has 1 rings (SSSR count). The fraction of sp³-hybridized carbons (Fsp3) is 0.143. The SMILES string of the molecule is O=S(=O)(O)Cc1cc(Br)cc(Br)c1O. The molecule has 0 spiro atoms. The zero-order valence-corrected chi connectivity index (χ0v) is 10.7. The van der Waals surface area contributed by atoms with Crippen LogP contribution in [0.4, 0.5) is 0 Å². The van der Waals surface area contributed by atoms with E-state index in [0.29, 0.717) is 8.95 Å². The lowest BCUT2D eigenvalue weighted by atomic mass is 10.2. The molecule has 0 aliphatic heterocycles. The van der Waals surface area contributed by atoms with Crippen LogP contribution in [0.25, 0.3) is 0 Å². The number of halogens is 2. The van der Waals surface area contributed by atoms with Gasteiger partial charge >= 0.3 is 0 Å². The lowest BCUT2D eigenvalue weighted by Crippen LogP contribution is -2.02. The maximum Gasteiger partial charge on any atom is 0.269 e. The fourth-order valence-electron chi connectivity index (χ4n) is 0.926. The van der Waals surface area contributed by atoms with Crippen LogP contribution in [0.3, 0.4) is 0 Å². The summed E-state index contributed by atoms with van der Waals surface area (Å²) in [7, 11) is -4.13. The van der Waals surface area contributed by atoms with Crippen molar-refractivity contribution in [3.63, 3.8) is 0 Å². The predicted octanol–water partition coefficient (Wildman–Crippen LogP) is 2.31. The van der Waals surface area contributed by atoms with E-state index in [1.54, 1.807) is 6.07 Å². The van der Waals surface area contributed by atoms with Gasteiger partial charge in [0.2, 0.25) is 0 Å². The molecule has 14 heavy (non-hydrogen) atoms. The molecule has 0 fully saturated rings. The van der Waals surface area contributed by atoms with Gasteiger partial charge in [0.15, 0.2) is 0 Å². The van der Waals surface area contributed by atoms with Gasteiger partial charge in [-0.15, -0.1) is 0 Å². The summed E-state index contributed by atoms with van der Waals surface area (Å²) in [6.45, 7) is 0. The van der Waals surface area contributed by atoms with Gasteiger partial charge in [-0.25, -0.2) is 0 Å². The van der Waals surface area contributed by atoms with Gasteiger partial charge in [0.05, 0.1) is 4.47 Å². The van der Waals surface area contributed by atoms with Crippen LogP contribution in [0.2, 0.25) is 0 Å². The lowest BCUT2D eigenvalue weighted by molar-refractivity contribution is 0.459. The molecule has 78 valence electrons. The molecule has 2 N–H and O–H groups in total. The molecule has 0 aliphatic rings. The number of benzene rings is 1. The summed E-state index contributed by atoms with van der Waals surface area (Å²) >= 11 is 6.19. The molecule has 0 radical (unpaired) electrons. The minimum absolute atomic E-state index is 0.133. The van der Waals surface area contributed by atoms with Crippen LogP contribution < -0.4 is 0 Å². The van der Waals surface area contributed by atoms with E-state index in [1.807, 2.05) is 0 Å². The van der Waals surface area contributed by atoms with Crippen LogP contribution in [0.5, 0.6) is 5.75 Å².